The fraction of sp³-hybridized carbons (Fsp3) is 0.562. The number of nitrogen functional groups attached to an aromatic ring is 1. The minimum atomic E-state index is 0.128. The van der Waals surface area contributed by atoms with Crippen LogP contribution in [0.4, 0.5) is 5.69 Å². The minimum absolute atomic E-state index is 0.128. The van der Waals surface area contributed by atoms with Gasteiger partial charge in [-0.25, -0.2) is 0 Å². The molecule has 1 saturated carbocycles. The highest BCUT2D eigenvalue weighted by Gasteiger charge is 2.41. The molecular formula is C16H22N2O2. The number of aryl methyl sites for hydroxylation is 1. The fourth-order valence-corrected chi connectivity index (χ4v) is 2.88. The first kappa shape index (κ1) is 13.4. The summed E-state index contributed by atoms with van der Waals surface area (Å²) < 4.78 is 5.74. The third-order valence-electron chi connectivity index (χ3n) is 4.19. The fourth-order valence-electron chi connectivity index (χ4n) is 2.88. The lowest BCUT2D eigenvalue weighted by atomic mass is 10.1. The van der Waals surface area contributed by atoms with Crippen molar-refractivity contribution in [1.82, 2.24) is 5.32 Å². The molecule has 1 heterocycles. The third kappa shape index (κ3) is 3.31. The van der Waals surface area contributed by atoms with E-state index in [0.29, 0.717) is 12.3 Å². The van der Waals surface area contributed by atoms with Crippen LogP contribution in [-0.2, 0) is 16.0 Å². The summed E-state index contributed by atoms with van der Waals surface area (Å²) in [5.74, 6) is 0.808. The second-order valence-electron chi connectivity index (χ2n) is 5.88. The monoisotopic (exact) mass is 274 g/mol. The molecular weight excluding hydrogens is 252 g/mol. The highest BCUT2D eigenvalue weighted by atomic mass is 16.5. The van der Waals surface area contributed by atoms with Crippen molar-refractivity contribution in [2.24, 2.45) is 5.92 Å². The molecule has 0 bridgehead atoms. The Morgan fingerprint density at radius 2 is 2.00 bits per heavy atom. The van der Waals surface area contributed by atoms with Gasteiger partial charge in [-0.2, -0.15) is 0 Å². The number of nitrogens with one attached hydrogen (secondary N) is 1. The summed E-state index contributed by atoms with van der Waals surface area (Å²) in [6.45, 7) is 0.782. The highest BCUT2D eigenvalue weighted by Crippen LogP contribution is 2.38. The molecule has 2 fully saturated rings. The quantitative estimate of drug-likeness (QED) is 0.806. The molecule has 1 saturated heterocycles. The molecule has 2 aliphatic rings. The smallest absolute Gasteiger partial charge is 0.220 e. The van der Waals surface area contributed by atoms with Gasteiger partial charge in [0.05, 0.1) is 12.1 Å². The average Bonchev–Trinajstić information content (AvgIpc) is 3.19. The number of carbonyl (C=O) groups excluding carboxylic acids is 1. The lowest BCUT2D eigenvalue weighted by Gasteiger charge is -2.19. The first-order valence-electron chi connectivity index (χ1n) is 7.48. The van der Waals surface area contributed by atoms with E-state index in [0.717, 1.165) is 30.7 Å². The van der Waals surface area contributed by atoms with Crippen LogP contribution < -0.4 is 11.1 Å². The molecule has 1 aromatic carbocycles. The molecule has 2 atom stereocenters. The number of rotatable bonds is 5. The Balaban J connectivity index is 1.46. The predicted octanol–water partition coefficient (Wildman–Crippen LogP) is 1.89. The van der Waals surface area contributed by atoms with Crippen LogP contribution in [0.25, 0.3) is 0 Å². The Kier molecular flexibility index (Phi) is 3.92. The lowest BCUT2D eigenvalue weighted by molar-refractivity contribution is -0.122. The lowest BCUT2D eigenvalue weighted by Crippen LogP contribution is -2.41. The summed E-state index contributed by atoms with van der Waals surface area (Å²) in [7, 11) is 0. The van der Waals surface area contributed by atoms with Gasteiger partial charge < -0.3 is 15.8 Å². The van der Waals surface area contributed by atoms with Crippen molar-refractivity contribution in [1.29, 1.82) is 0 Å². The first-order valence-corrected chi connectivity index (χ1v) is 7.48. The molecule has 108 valence electrons. The van der Waals surface area contributed by atoms with Crippen LogP contribution in [0.3, 0.4) is 0 Å². The normalized spacial score (nSPS) is 25.6. The van der Waals surface area contributed by atoms with Gasteiger partial charge in [-0.15, -0.1) is 0 Å². The second-order valence-corrected chi connectivity index (χ2v) is 5.88. The van der Waals surface area contributed by atoms with E-state index in [1.807, 2.05) is 24.3 Å². The minimum Gasteiger partial charge on any atom is -0.399 e. The molecule has 20 heavy (non-hydrogen) atoms. The maximum absolute atomic E-state index is 12.0. The zero-order valence-corrected chi connectivity index (χ0v) is 11.7. The number of hydrogen-bond donors (Lipinski definition) is 2. The summed E-state index contributed by atoms with van der Waals surface area (Å²) in [6.07, 6.45) is 5.00. The maximum Gasteiger partial charge on any atom is 0.220 e. The number of nitrogens with two attached hydrogens (primary N) is 1. The standard InChI is InChI=1S/C16H22N2O2/c17-13-6-1-11(2-7-13)3-8-15(19)18-14-9-10-20-16(14)12-4-5-12/h1-2,6-7,12,14,16H,3-5,8-10,17H2,(H,18,19). The third-order valence-corrected chi connectivity index (χ3v) is 4.19. The average molecular weight is 274 g/mol. The predicted molar refractivity (Wildman–Crippen MR) is 78.2 cm³/mol. The zero-order valence-electron chi connectivity index (χ0n) is 11.7. The summed E-state index contributed by atoms with van der Waals surface area (Å²) in [4.78, 5) is 12.0. The van der Waals surface area contributed by atoms with Gasteiger partial charge in [0.2, 0.25) is 5.91 Å². The van der Waals surface area contributed by atoms with E-state index in [9.17, 15) is 4.79 Å². The molecule has 2 unspecified atom stereocenters. The number of ether oxygens (including phenoxy) is 1. The van der Waals surface area contributed by atoms with E-state index >= 15 is 0 Å². The van der Waals surface area contributed by atoms with Crippen LogP contribution in [0.15, 0.2) is 24.3 Å². The van der Waals surface area contributed by atoms with Crippen molar-refractivity contribution in [2.75, 3.05) is 12.3 Å². The Bertz CT molecular complexity index is 468. The number of anilines is 1. The topological polar surface area (TPSA) is 64.4 Å². The number of benzene rings is 1. The SMILES string of the molecule is Nc1ccc(CCC(=O)NC2CCOC2C2CC2)cc1. The van der Waals surface area contributed by atoms with E-state index < -0.39 is 0 Å². The van der Waals surface area contributed by atoms with Crippen LogP contribution in [0, 0.1) is 5.92 Å². The van der Waals surface area contributed by atoms with Crippen molar-refractivity contribution in [3.63, 3.8) is 0 Å². The Morgan fingerprint density at radius 3 is 2.70 bits per heavy atom. The van der Waals surface area contributed by atoms with E-state index in [4.69, 9.17) is 10.5 Å². The second kappa shape index (κ2) is 5.83. The zero-order chi connectivity index (χ0) is 13.9. The number of hydrogen-bond acceptors (Lipinski definition) is 3. The number of carbonyl (C=O) groups is 1. The van der Waals surface area contributed by atoms with Gasteiger partial charge in [0.25, 0.3) is 0 Å². The molecule has 4 heteroatoms. The van der Waals surface area contributed by atoms with Crippen LogP contribution in [-0.4, -0.2) is 24.7 Å². The van der Waals surface area contributed by atoms with Crippen molar-refractivity contribution in [3.05, 3.63) is 29.8 Å². The van der Waals surface area contributed by atoms with Crippen LogP contribution in [0.5, 0.6) is 0 Å². The first-order chi connectivity index (χ1) is 9.72. The van der Waals surface area contributed by atoms with Gasteiger partial charge in [-0.3, -0.25) is 4.79 Å². The van der Waals surface area contributed by atoms with Crippen molar-refractivity contribution < 1.29 is 9.53 Å². The molecule has 0 aromatic heterocycles. The molecule has 4 nitrogen and oxygen atoms in total. The van der Waals surface area contributed by atoms with E-state index in [1.54, 1.807) is 0 Å². The molecule has 1 aliphatic carbocycles. The summed E-state index contributed by atoms with van der Waals surface area (Å²) in [5, 5.41) is 3.14. The molecule has 0 spiro atoms. The van der Waals surface area contributed by atoms with E-state index in [-0.39, 0.29) is 18.1 Å². The van der Waals surface area contributed by atoms with Crippen molar-refractivity contribution in [3.8, 4) is 0 Å². The molecule has 3 N–H and O–H groups in total. The summed E-state index contributed by atoms with van der Waals surface area (Å²) in [5.41, 5.74) is 7.55. The largest absolute Gasteiger partial charge is 0.399 e. The van der Waals surface area contributed by atoms with Crippen LogP contribution >= 0.6 is 0 Å². The van der Waals surface area contributed by atoms with Crippen molar-refractivity contribution >= 4 is 11.6 Å². The molecule has 1 aromatic rings. The van der Waals surface area contributed by atoms with Gasteiger partial charge in [0, 0.05) is 18.7 Å². The molecule has 0 radical (unpaired) electrons. The van der Waals surface area contributed by atoms with E-state index in [1.165, 1.54) is 12.8 Å². The van der Waals surface area contributed by atoms with Gasteiger partial charge in [-0.1, -0.05) is 12.1 Å². The summed E-state index contributed by atoms with van der Waals surface area (Å²) in [6, 6.07) is 7.94. The van der Waals surface area contributed by atoms with Crippen molar-refractivity contribution in [2.45, 2.75) is 44.2 Å². The maximum atomic E-state index is 12.0. The Morgan fingerprint density at radius 1 is 1.25 bits per heavy atom. The molecule has 3 rings (SSSR count). The Labute approximate surface area is 119 Å². The van der Waals surface area contributed by atoms with Crippen LogP contribution in [0.1, 0.15) is 31.2 Å². The number of amides is 1. The van der Waals surface area contributed by atoms with Gasteiger partial charge in [-0.05, 0) is 49.3 Å². The molecule has 1 aliphatic heterocycles. The van der Waals surface area contributed by atoms with E-state index in [2.05, 4.69) is 5.32 Å². The Hall–Kier alpha value is -1.55. The van der Waals surface area contributed by atoms with Gasteiger partial charge >= 0.3 is 0 Å². The summed E-state index contributed by atoms with van der Waals surface area (Å²) >= 11 is 0. The van der Waals surface area contributed by atoms with Crippen LogP contribution in [0.2, 0.25) is 0 Å². The molecule has 1 amide bonds. The highest BCUT2D eigenvalue weighted by molar-refractivity contribution is 5.76. The van der Waals surface area contributed by atoms with Gasteiger partial charge in [0.15, 0.2) is 0 Å². The van der Waals surface area contributed by atoms with Gasteiger partial charge in [0.1, 0.15) is 0 Å².